The Labute approximate surface area is 203 Å². The molecule has 2 fully saturated rings. The van der Waals surface area contributed by atoms with Gasteiger partial charge in [-0.25, -0.2) is 19.4 Å². The Kier molecular flexibility index (Phi) is 6.80. The Balaban J connectivity index is 1.58. The molecule has 11 nitrogen and oxygen atoms in total. The van der Waals surface area contributed by atoms with E-state index in [0.29, 0.717) is 24.7 Å². The molecule has 2 saturated heterocycles. The summed E-state index contributed by atoms with van der Waals surface area (Å²) in [6, 6.07) is 7.21. The third-order valence-electron chi connectivity index (χ3n) is 6.42. The standard InChI is InChI=1S/C24H30N6O5/c1-32-13-17(14-33-2)30-23-20(10-25-30)22(29-11-18-8-9-19(12-29)35-18)27-21(28-23)15-4-6-16(7-5-15)26-24(31)34-3/h4-7,10,17-19H,8-9,11-14H2,1-3H3,(H,26,31). The molecule has 0 aliphatic carbocycles. The summed E-state index contributed by atoms with van der Waals surface area (Å²) in [5, 5.41) is 8.21. The van der Waals surface area contributed by atoms with Crippen LogP contribution in [0.5, 0.6) is 0 Å². The lowest BCUT2D eigenvalue weighted by atomic mass is 10.2. The zero-order valence-electron chi connectivity index (χ0n) is 20.1. The van der Waals surface area contributed by atoms with Crippen molar-refractivity contribution in [3.8, 4) is 11.4 Å². The van der Waals surface area contributed by atoms with Gasteiger partial charge in [-0.15, -0.1) is 0 Å². The van der Waals surface area contributed by atoms with Gasteiger partial charge >= 0.3 is 6.09 Å². The Morgan fingerprint density at radius 3 is 2.40 bits per heavy atom. The molecular formula is C24H30N6O5. The van der Waals surface area contributed by atoms with Crippen molar-refractivity contribution in [2.45, 2.75) is 31.1 Å². The smallest absolute Gasteiger partial charge is 0.411 e. The van der Waals surface area contributed by atoms with Crippen LogP contribution in [0, 0.1) is 0 Å². The molecule has 11 heteroatoms. The van der Waals surface area contributed by atoms with E-state index in [1.165, 1.54) is 7.11 Å². The largest absolute Gasteiger partial charge is 0.453 e. The molecule has 3 aromatic rings. The van der Waals surface area contributed by atoms with Gasteiger partial charge in [-0.05, 0) is 37.1 Å². The van der Waals surface area contributed by atoms with Gasteiger partial charge in [-0.3, -0.25) is 5.32 Å². The lowest BCUT2D eigenvalue weighted by Crippen LogP contribution is -2.43. The van der Waals surface area contributed by atoms with Crippen LogP contribution in [-0.2, 0) is 18.9 Å². The number of anilines is 2. The molecule has 2 aliphatic rings. The Morgan fingerprint density at radius 2 is 1.77 bits per heavy atom. The van der Waals surface area contributed by atoms with Crippen molar-refractivity contribution in [3.63, 3.8) is 0 Å². The average Bonchev–Trinajstić information content (AvgIpc) is 3.45. The maximum absolute atomic E-state index is 11.5. The van der Waals surface area contributed by atoms with Crippen LogP contribution in [0.4, 0.5) is 16.3 Å². The van der Waals surface area contributed by atoms with Crippen molar-refractivity contribution in [2.24, 2.45) is 0 Å². The number of benzene rings is 1. The van der Waals surface area contributed by atoms with Gasteiger partial charge in [0.05, 0.1) is 44.1 Å². The molecule has 2 unspecified atom stereocenters. The number of carbonyl (C=O) groups excluding carboxylic acids is 1. The number of ether oxygens (including phenoxy) is 4. The van der Waals surface area contributed by atoms with Crippen LogP contribution in [0.1, 0.15) is 18.9 Å². The van der Waals surface area contributed by atoms with E-state index in [0.717, 1.165) is 48.3 Å². The molecule has 4 heterocycles. The van der Waals surface area contributed by atoms with Crippen LogP contribution in [-0.4, -0.2) is 85.7 Å². The first kappa shape index (κ1) is 23.5. The van der Waals surface area contributed by atoms with Crippen LogP contribution in [0.3, 0.4) is 0 Å². The summed E-state index contributed by atoms with van der Waals surface area (Å²) in [6.45, 7) is 2.45. The van der Waals surface area contributed by atoms with E-state index in [2.05, 4.69) is 20.1 Å². The highest BCUT2D eigenvalue weighted by Crippen LogP contribution is 2.34. The van der Waals surface area contributed by atoms with Crippen molar-refractivity contribution in [1.29, 1.82) is 0 Å². The topological polar surface area (TPSA) is 113 Å². The second-order valence-corrected chi connectivity index (χ2v) is 8.82. The summed E-state index contributed by atoms with van der Waals surface area (Å²) in [7, 11) is 4.65. The normalized spacial score (nSPS) is 19.5. The fourth-order valence-corrected chi connectivity index (χ4v) is 4.78. The van der Waals surface area contributed by atoms with Gasteiger partial charge in [0, 0.05) is 38.6 Å². The summed E-state index contributed by atoms with van der Waals surface area (Å²) in [6.07, 6.45) is 3.88. The highest BCUT2D eigenvalue weighted by atomic mass is 16.5. The van der Waals surface area contributed by atoms with Crippen LogP contribution in [0.15, 0.2) is 30.5 Å². The van der Waals surface area contributed by atoms with Gasteiger partial charge in [0.25, 0.3) is 0 Å². The van der Waals surface area contributed by atoms with E-state index in [1.54, 1.807) is 26.4 Å². The second-order valence-electron chi connectivity index (χ2n) is 8.82. The first-order valence-electron chi connectivity index (χ1n) is 11.7. The summed E-state index contributed by atoms with van der Waals surface area (Å²) in [5.41, 5.74) is 2.17. The maximum Gasteiger partial charge on any atom is 0.411 e. The van der Waals surface area contributed by atoms with Crippen LogP contribution >= 0.6 is 0 Å². The van der Waals surface area contributed by atoms with Gasteiger partial charge in [-0.1, -0.05) is 0 Å². The number of rotatable bonds is 8. The molecule has 2 aliphatic heterocycles. The van der Waals surface area contributed by atoms with Crippen molar-refractivity contribution in [3.05, 3.63) is 30.5 Å². The number of morpholine rings is 1. The number of carbonyl (C=O) groups is 1. The molecular weight excluding hydrogens is 452 g/mol. The molecule has 2 atom stereocenters. The number of nitrogens with zero attached hydrogens (tertiary/aromatic N) is 5. The average molecular weight is 483 g/mol. The van der Waals surface area contributed by atoms with Crippen LogP contribution in [0.25, 0.3) is 22.4 Å². The molecule has 186 valence electrons. The number of amides is 1. The van der Waals surface area contributed by atoms with Crippen LogP contribution in [0.2, 0.25) is 0 Å². The summed E-state index contributed by atoms with van der Waals surface area (Å²) in [4.78, 5) is 23.7. The van der Waals surface area contributed by atoms with Gasteiger partial charge in [0.1, 0.15) is 11.9 Å². The second kappa shape index (κ2) is 10.1. The van der Waals surface area contributed by atoms with E-state index in [-0.39, 0.29) is 18.2 Å². The SMILES string of the molecule is COCC(COC)n1ncc2c(N3CC4CCC(C3)O4)nc(-c3ccc(NC(=O)OC)cc3)nc21. The Morgan fingerprint density at radius 1 is 1.09 bits per heavy atom. The van der Waals surface area contributed by atoms with E-state index in [9.17, 15) is 4.79 Å². The minimum atomic E-state index is -0.522. The lowest BCUT2D eigenvalue weighted by molar-refractivity contribution is 0.0303. The van der Waals surface area contributed by atoms with Crippen molar-refractivity contribution in [2.75, 3.05) is 57.8 Å². The Bertz CT molecular complexity index is 1170. The fraction of sp³-hybridized carbons (Fsp3) is 0.500. The van der Waals surface area contributed by atoms with E-state index < -0.39 is 6.09 Å². The number of methoxy groups -OCH3 is 3. The highest BCUT2D eigenvalue weighted by molar-refractivity contribution is 5.89. The first-order valence-corrected chi connectivity index (χ1v) is 11.7. The lowest BCUT2D eigenvalue weighted by Gasteiger charge is -2.33. The number of fused-ring (bicyclic) bond motifs is 3. The predicted molar refractivity (Wildman–Crippen MR) is 130 cm³/mol. The molecule has 1 aromatic carbocycles. The summed E-state index contributed by atoms with van der Waals surface area (Å²) in [5.74, 6) is 1.42. The minimum Gasteiger partial charge on any atom is -0.453 e. The molecule has 5 rings (SSSR count). The molecule has 0 saturated carbocycles. The molecule has 1 N–H and O–H groups in total. The highest BCUT2D eigenvalue weighted by Gasteiger charge is 2.35. The predicted octanol–water partition coefficient (Wildman–Crippen LogP) is 2.87. The number of hydrogen-bond donors (Lipinski definition) is 1. The quantitative estimate of drug-likeness (QED) is 0.518. The summed E-state index contributed by atoms with van der Waals surface area (Å²) >= 11 is 0. The number of hydrogen-bond acceptors (Lipinski definition) is 9. The number of nitrogens with one attached hydrogen (secondary N) is 1. The zero-order chi connectivity index (χ0) is 24.4. The molecule has 2 bridgehead atoms. The van der Waals surface area contributed by atoms with E-state index >= 15 is 0 Å². The number of aromatic nitrogens is 4. The van der Waals surface area contributed by atoms with Crippen molar-refractivity contribution < 1.29 is 23.7 Å². The maximum atomic E-state index is 11.5. The van der Waals surface area contributed by atoms with Gasteiger partial charge in [0.2, 0.25) is 0 Å². The van der Waals surface area contributed by atoms with Gasteiger partial charge in [-0.2, -0.15) is 5.10 Å². The zero-order valence-corrected chi connectivity index (χ0v) is 20.1. The monoisotopic (exact) mass is 482 g/mol. The van der Waals surface area contributed by atoms with Crippen molar-refractivity contribution >= 4 is 28.6 Å². The Hall–Kier alpha value is -3.28. The van der Waals surface area contributed by atoms with Gasteiger partial charge in [0.15, 0.2) is 11.5 Å². The molecule has 35 heavy (non-hydrogen) atoms. The minimum absolute atomic E-state index is 0.134. The molecule has 0 radical (unpaired) electrons. The van der Waals surface area contributed by atoms with Crippen LogP contribution < -0.4 is 10.2 Å². The molecule has 1 amide bonds. The first-order chi connectivity index (χ1) is 17.1. The van der Waals surface area contributed by atoms with E-state index in [1.807, 2.05) is 23.0 Å². The third-order valence-corrected chi connectivity index (χ3v) is 6.42. The summed E-state index contributed by atoms with van der Waals surface area (Å²) < 4.78 is 23.4. The fourth-order valence-electron chi connectivity index (χ4n) is 4.78. The molecule has 2 aromatic heterocycles. The third kappa shape index (κ3) is 4.79. The van der Waals surface area contributed by atoms with E-state index in [4.69, 9.17) is 24.2 Å². The van der Waals surface area contributed by atoms with Crippen molar-refractivity contribution in [1.82, 2.24) is 19.7 Å². The van der Waals surface area contributed by atoms with Gasteiger partial charge < -0.3 is 23.8 Å². The molecule has 0 spiro atoms.